The van der Waals surface area contributed by atoms with Crippen molar-refractivity contribution in [1.82, 2.24) is 0 Å². The van der Waals surface area contributed by atoms with Gasteiger partial charge in [-0.05, 0) is 217 Å². The monoisotopic (exact) mass is 1130 g/mol. The smallest absolute Gasteiger partial charge is 0.0159 e. The van der Waals surface area contributed by atoms with Crippen molar-refractivity contribution in [1.29, 1.82) is 0 Å². The van der Waals surface area contributed by atoms with Crippen LogP contribution in [0, 0.1) is 27.7 Å². The van der Waals surface area contributed by atoms with Gasteiger partial charge in [0.2, 0.25) is 0 Å². The second-order valence-electron chi connectivity index (χ2n) is 30.2. The summed E-state index contributed by atoms with van der Waals surface area (Å²) in [5.74, 6) is 0. The van der Waals surface area contributed by atoms with Crippen molar-refractivity contribution in [2.24, 2.45) is 0 Å². The third kappa shape index (κ3) is 11.2. The maximum Gasteiger partial charge on any atom is 0.0159 e. The fourth-order valence-corrected chi connectivity index (χ4v) is 13.9. The lowest BCUT2D eigenvalue weighted by molar-refractivity contribution is 0.590. The highest BCUT2D eigenvalue weighted by atomic mass is 14.4. The van der Waals surface area contributed by atoms with E-state index < -0.39 is 0 Å². The molecule has 0 spiro atoms. The first-order valence-electron chi connectivity index (χ1n) is 31.7. The van der Waals surface area contributed by atoms with Gasteiger partial charge in [-0.15, -0.1) is 0 Å². The molecule has 12 aromatic carbocycles. The molecule has 1 aliphatic carbocycles. The van der Waals surface area contributed by atoms with Gasteiger partial charge >= 0.3 is 0 Å². The molecule has 0 radical (unpaired) electrons. The Morgan fingerprint density at radius 1 is 0.218 bits per heavy atom. The van der Waals surface area contributed by atoms with Gasteiger partial charge in [0.25, 0.3) is 0 Å². The fourth-order valence-electron chi connectivity index (χ4n) is 13.9. The fraction of sp³-hybridized carbons (Fsp3) is 0.264. The zero-order valence-electron chi connectivity index (χ0n) is 55.1. The Morgan fingerprint density at radius 2 is 0.448 bits per heavy atom. The Morgan fingerprint density at radius 3 is 0.678 bits per heavy atom. The zero-order chi connectivity index (χ0) is 61.9. The molecule has 0 N–H and O–H groups in total. The Hall–Kier alpha value is -8.32. The third-order valence-electron chi connectivity index (χ3n) is 18.9. The second kappa shape index (κ2) is 21.5. The van der Waals surface area contributed by atoms with E-state index in [9.17, 15) is 0 Å². The van der Waals surface area contributed by atoms with Crippen LogP contribution in [0.2, 0.25) is 0 Å². The minimum atomic E-state index is -0.0194. The summed E-state index contributed by atoms with van der Waals surface area (Å²) in [6.07, 6.45) is 0. The Kier molecular flexibility index (Phi) is 14.6. The van der Waals surface area contributed by atoms with Crippen LogP contribution < -0.4 is 0 Å². The standard InChI is InChI=1S/C56H58.C31H30/c1-53(2,3)39-21-13-35(14-22-39)47-33-48(36-15-23-40(24-16-36)54(4,5)6)44-31-32-46-50(38-19-27-42(28-20-38)56(10,11)12)34-49(45-30-29-43(47)51(44)52(45)46)37-17-25-41(26-18-37)55(7,8)9;1-19-11-20(2)14-25(13-19)23-7-9-27-28-10-8-24(26-15-21(3)12-22(4)16-26)18-30(28)31(5,6)29(27)17-23/h13-34H,1-12H3;7-18H,1-6H3. The average molecular weight is 1130 g/mol. The van der Waals surface area contributed by atoms with Crippen LogP contribution in [0.4, 0.5) is 0 Å². The highest BCUT2D eigenvalue weighted by molar-refractivity contribution is 6.32. The Labute approximate surface area is 520 Å². The number of fused-ring (bicyclic) bond motifs is 3. The molecule has 436 valence electrons. The molecule has 12 aromatic rings. The van der Waals surface area contributed by atoms with Crippen molar-refractivity contribution in [2.75, 3.05) is 0 Å². The van der Waals surface area contributed by atoms with E-state index >= 15 is 0 Å². The van der Waals surface area contributed by atoms with Gasteiger partial charge in [0.15, 0.2) is 0 Å². The first-order chi connectivity index (χ1) is 41.0. The van der Waals surface area contributed by atoms with Crippen molar-refractivity contribution in [3.63, 3.8) is 0 Å². The molecule has 0 unspecified atom stereocenters. The van der Waals surface area contributed by atoms with Crippen molar-refractivity contribution < 1.29 is 0 Å². The van der Waals surface area contributed by atoms with Gasteiger partial charge in [-0.1, -0.05) is 301 Å². The average Bonchev–Trinajstić information content (AvgIpc) is 1.14. The first kappa shape index (κ1) is 59.0. The number of hydrogen-bond donors (Lipinski definition) is 0. The van der Waals surface area contributed by atoms with E-state index in [0.717, 1.165) is 0 Å². The lowest BCUT2D eigenvalue weighted by Crippen LogP contribution is -2.15. The molecule has 0 saturated carbocycles. The topological polar surface area (TPSA) is 0 Å². The van der Waals surface area contributed by atoms with E-state index in [0.29, 0.717) is 0 Å². The third-order valence-corrected chi connectivity index (χ3v) is 18.9. The predicted molar refractivity (Wildman–Crippen MR) is 381 cm³/mol. The van der Waals surface area contributed by atoms with Crippen LogP contribution in [0.5, 0.6) is 0 Å². The van der Waals surface area contributed by atoms with Crippen molar-refractivity contribution >= 4 is 32.3 Å². The number of aryl methyl sites for hydroxylation is 4. The lowest BCUT2D eigenvalue weighted by atomic mass is 9.80. The minimum Gasteiger partial charge on any atom is -0.0579 e. The molecule has 0 atom stereocenters. The summed E-state index contributed by atoms with van der Waals surface area (Å²) in [4.78, 5) is 0. The highest BCUT2D eigenvalue weighted by Crippen LogP contribution is 2.52. The van der Waals surface area contributed by atoms with Crippen molar-refractivity contribution in [3.8, 4) is 77.9 Å². The van der Waals surface area contributed by atoms with Crippen LogP contribution in [0.3, 0.4) is 0 Å². The molecule has 0 aromatic heterocycles. The van der Waals surface area contributed by atoms with Gasteiger partial charge in [-0.2, -0.15) is 0 Å². The van der Waals surface area contributed by atoms with E-state index in [4.69, 9.17) is 0 Å². The SMILES string of the molecule is CC(C)(C)c1ccc(-c2cc(-c3ccc(C(C)(C)C)cc3)c3ccc4c(-c5ccc(C(C)(C)C)cc5)cc(-c5ccc(C(C)(C)C)cc5)c5ccc2c3c54)cc1.Cc1cc(C)cc(-c2ccc3c(c2)C(C)(C)c2cc(-c4cc(C)cc(C)c4)ccc2-3)c1. The van der Waals surface area contributed by atoms with Crippen LogP contribution in [-0.4, -0.2) is 0 Å². The maximum atomic E-state index is 2.46. The first-order valence-corrected chi connectivity index (χ1v) is 31.7. The summed E-state index contributed by atoms with van der Waals surface area (Å²) in [5, 5.41) is 7.87. The summed E-state index contributed by atoms with van der Waals surface area (Å²) < 4.78 is 0. The van der Waals surface area contributed by atoms with E-state index in [1.807, 2.05) is 0 Å². The van der Waals surface area contributed by atoms with Gasteiger partial charge in [-0.25, -0.2) is 0 Å². The molecule has 0 saturated heterocycles. The zero-order valence-corrected chi connectivity index (χ0v) is 55.1. The van der Waals surface area contributed by atoms with Gasteiger partial charge < -0.3 is 0 Å². The van der Waals surface area contributed by atoms with Gasteiger partial charge in [0.05, 0.1) is 0 Å². The summed E-state index contributed by atoms with van der Waals surface area (Å²) in [5.41, 5.74) is 31.9. The van der Waals surface area contributed by atoms with Crippen LogP contribution in [0.15, 0.2) is 206 Å². The molecule has 87 heavy (non-hydrogen) atoms. The van der Waals surface area contributed by atoms with Crippen LogP contribution >= 0.6 is 0 Å². The largest absolute Gasteiger partial charge is 0.0579 e. The van der Waals surface area contributed by atoms with E-state index in [2.05, 4.69) is 331 Å². The molecule has 0 bridgehead atoms. The molecular weight excluding hydrogens is 1040 g/mol. The van der Waals surface area contributed by atoms with Crippen LogP contribution in [-0.2, 0) is 27.1 Å². The summed E-state index contributed by atoms with van der Waals surface area (Å²) >= 11 is 0. The quantitative estimate of drug-likeness (QED) is 0.146. The normalized spacial score (nSPS) is 13.3. The second-order valence-corrected chi connectivity index (χ2v) is 30.2. The summed E-state index contributed by atoms with van der Waals surface area (Å²) in [7, 11) is 0. The minimum absolute atomic E-state index is 0.0194. The number of benzene rings is 12. The summed E-state index contributed by atoms with van der Waals surface area (Å²) in [6.45, 7) is 41.0. The molecular formula is C87H88. The molecule has 0 heterocycles. The maximum absolute atomic E-state index is 2.46. The summed E-state index contributed by atoms with van der Waals surface area (Å²) in [6, 6.07) is 79.5. The molecule has 0 aliphatic heterocycles. The molecule has 13 rings (SSSR count). The lowest BCUT2D eigenvalue weighted by Gasteiger charge is -2.24. The Bertz CT molecular complexity index is 4060. The number of rotatable bonds is 6. The van der Waals surface area contributed by atoms with Gasteiger partial charge in [0.1, 0.15) is 0 Å². The Balaban J connectivity index is 0.000000200. The van der Waals surface area contributed by atoms with Crippen molar-refractivity contribution in [2.45, 2.75) is 152 Å². The van der Waals surface area contributed by atoms with E-state index in [-0.39, 0.29) is 27.1 Å². The molecule has 0 fully saturated rings. The number of hydrogen-bond acceptors (Lipinski definition) is 0. The predicted octanol–water partition coefficient (Wildman–Crippen LogP) is 25.0. The van der Waals surface area contributed by atoms with Gasteiger partial charge in [-0.3, -0.25) is 0 Å². The molecule has 0 amide bonds. The van der Waals surface area contributed by atoms with Crippen molar-refractivity contribution in [3.05, 3.63) is 262 Å². The molecule has 1 aliphatic rings. The van der Waals surface area contributed by atoms with E-state index in [1.165, 1.54) is 166 Å². The van der Waals surface area contributed by atoms with Crippen LogP contribution in [0.1, 0.15) is 153 Å². The van der Waals surface area contributed by atoms with Crippen LogP contribution in [0.25, 0.3) is 110 Å². The van der Waals surface area contributed by atoms with E-state index in [1.54, 1.807) is 0 Å². The van der Waals surface area contributed by atoms with Gasteiger partial charge in [0, 0.05) is 5.41 Å². The molecule has 0 heteroatoms. The highest BCUT2D eigenvalue weighted by Gasteiger charge is 2.36. The molecule has 0 nitrogen and oxygen atoms in total.